The summed E-state index contributed by atoms with van der Waals surface area (Å²) in [5.74, 6) is 2.72. The van der Waals surface area contributed by atoms with Crippen LogP contribution in [0.3, 0.4) is 0 Å². The van der Waals surface area contributed by atoms with Gasteiger partial charge < -0.3 is 34.3 Å². The number of anilines is 2. The fraction of sp³-hybridized carbons (Fsp3) is 0.182. The number of nitrogens with one attached hydrogen (secondary N) is 2. The summed E-state index contributed by atoms with van der Waals surface area (Å²) < 4.78 is 14.4. The van der Waals surface area contributed by atoms with E-state index in [4.69, 9.17) is 20.9 Å². The normalized spacial score (nSPS) is 10.3. The van der Waals surface area contributed by atoms with Gasteiger partial charge >= 0.3 is 11.9 Å². The molecule has 0 saturated carbocycles. The van der Waals surface area contributed by atoms with Gasteiger partial charge in [0.2, 0.25) is 0 Å². The summed E-state index contributed by atoms with van der Waals surface area (Å²) in [5, 5.41) is 1.93. The molecule has 0 spiro atoms. The maximum absolute atomic E-state index is 6.23. The van der Waals surface area contributed by atoms with Crippen molar-refractivity contribution in [2.45, 2.75) is 10.1 Å². The second kappa shape index (κ2) is 10.7. The van der Waals surface area contributed by atoms with Crippen LogP contribution in [0.2, 0.25) is 0 Å². The van der Waals surface area contributed by atoms with E-state index < -0.39 is 0 Å². The number of aromatic amines is 2. The number of benzene rings is 2. The largest absolute Gasteiger partial charge is 1.00 e. The highest BCUT2D eigenvalue weighted by molar-refractivity contribution is 7.99. The van der Waals surface area contributed by atoms with Crippen molar-refractivity contribution in [3.8, 4) is 34.0 Å². The zero-order valence-electron chi connectivity index (χ0n) is 18.6. The Bertz CT molecular complexity index is 1130. The Morgan fingerprint density at radius 3 is 1.30 bits per heavy atom. The number of nitrogen functional groups attached to an aromatic ring is 2. The molecule has 8 nitrogen and oxygen atoms in total. The molecule has 6 N–H and O–H groups in total. The lowest BCUT2D eigenvalue weighted by molar-refractivity contribution is -0.698. The van der Waals surface area contributed by atoms with Gasteiger partial charge in [-0.2, -0.15) is 0 Å². The Balaban J connectivity index is 0.00000193. The summed E-state index contributed by atoms with van der Waals surface area (Å²) in [6.07, 6.45) is 0. The number of halogens is 2. The highest BCUT2D eigenvalue weighted by atomic mass is 35.5. The van der Waals surface area contributed by atoms with Crippen LogP contribution in [0.1, 0.15) is 0 Å². The molecule has 0 saturated heterocycles. The highest BCUT2D eigenvalue weighted by Gasteiger charge is 2.28. The monoisotopic (exact) mass is 508 g/mol. The molecule has 11 heteroatoms. The van der Waals surface area contributed by atoms with E-state index in [0.29, 0.717) is 11.9 Å². The van der Waals surface area contributed by atoms with Crippen LogP contribution < -0.4 is 54.9 Å². The van der Waals surface area contributed by atoms with Crippen molar-refractivity contribution < 1.29 is 43.4 Å². The molecule has 2 aromatic heterocycles. The minimum Gasteiger partial charge on any atom is -1.00 e. The lowest BCUT2D eigenvalue weighted by Gasteiger charge is -2.05. The van der Waals surface area contributed by atoms with Crippen molar-refractivity contribution in [3.63, 3.8) is 0 Å². The number of ether oxygens (including phenoxy) is 2. The van der Waals surface area contributed by atoms with E-state index in [-0.39, 0.29) is 24.8 Å². The number of nitrogens with zero attached hydrogens (tertiary/aromatic N) is 2. The summed E-state index contributed by atoms with van der Waals surface area (Å²) in [6, 6.07) is 15.7. The van der Waals surface area contributed by atoms with Crippen LogP contribution >= 0.6 is 11.8 Å². The van der Waals surface area contributed by atoms with Gasteiger partial charge in [0.1, 0.15) is 11.5 Å². The van der Waals surface area contributed by atoms with Crippen LogP contribution in [0.15, 0.2) is 58.6 Å². The predicted octanol–water partition coefficient (Wildman–Crippen LogP) is -3.33. The van der Waals surface area contributed by atoms with Gasteiger partial charge in [-0.15, -0.1) is 0 Å². The number of imidazole rings is 2. The van der Waals surface area contributed by atoms with Crippen LogP contribution in [0.4, 0.5) is 11.9 Å². The number of nitrogens with two attached hydrogens (primary N) is 2. The molecule has 4 aromatic rings. The number of hydrogen-bond acceptors (Lipinski definition) is 5. The summed E-state index contributed by atoms with van der Waals surface area (Å²) >= 11 is 1.59. The fourth-order valence-electron chi connectivity index (χ4n) is 3.32. The van der Waals surface area contributed by atoms with Gasteiger partial charge in [0.05, 0.1) is 28.3 Å². The van der Waals surface area contributed by atoms with E-state index in [1.165, 1.54) is 0 Å². The van der Waals surface area contributed by atoms with E-state index in [2.05, 4.69) is 9.97 Å². The second-order valence-electron chi connectivity index (χ2n) is 7.06. The third kappa shape index (κ3) is 5.00. The van der Waals surface area contributed by atoms with Crippen LogP contribution in [0.5, 0.6) is 11.5 Å². The van der Waals surface area contributed by atoms with Crippen molar-refractivity contribution in [3.05, 3.63) is 48.5 Å². The summed E-state index contributed by atoms with van der Waals surface area (Å²) in [6.45, 7) is 0. The van der Waals surface area contributed by atoms with Crippen LogP contribution in [-0.2, 0) is 14.1 Å². The lowest BCUT2D eigenvalue weighted by Crippen LogP contribution is -3.00. The second-order valence-corrected chi connectivity index (χ2v) is 8.04. The van der Waals surface area contributed by atoms with Crippen molar-refractivity contribution in [1.29, 1.82) is 0 Å². The summed E-state index contributed by atoms with van der Waals surface area (Å²) in [4.78, 5) is 6.60. The molecule has 2 aromatic carbocycles. The van der Waals surface area contributed by atoms with E-state index >= 15 is 0 Å². The Morgan fingerprint density at radius 1 is 0.667 bits per heavy atom. The van der Waals surface area contributed by atoms with Crippen molar-refractivity contribution in [1.82, 2.24) is 9.97 Å². The minimum atomic E-state index is 0. The number of aromatic nitrogens is 4. The molecule has 0 unspecified atom stereocenters. The third-order valence-electron chi connectivity index (χ3n) is 5.22. The Labute approximate surface area is 209 Å². The first kappa shape index (κ1) is 26.2. The third-order valence-corrected chi connectivity index (χ3v) is 6.56. The quantitative estimate of drug-likeness (QED) is 0.203. The minimum absolute atomic E-state index is 0. The van der Waals surface area contributed by atoms with E-state index in [1.54, 1.807) is 26.0 Å². The molecule has 0 aliphatic rings. The molecular formula is C22H26Cl2N6O2S. The van der Waals surface area contributed by atoms with Crippen molar-refractivity contribution >= 4 is 23.7 Å². The number of methoxy groups -OCH3 is 2. The van der Waals surface area contributed by atoms with E-state index in [9.17, 15) is 0 Å². The van der Waals surface area contributed by atoms with Gasteiger partial charge in [-0.3, -0.25) is 11.5 Å². The molecule has 0 bridgehead atoms. The Morgan fingerprint density at radius 2 is 1.00 bits per heavy atom. The molecule has 0 aliphatic heterocycles. The average Bonchev–Trinajstić information content (AvgIpc) is 3.24. The molecule has 0 atom stereocenters. The molecule has 33 heavy (non-hydrogen) atoms. The maximum atomic E-state index is 6.23. The molecule has 2 heterocycles. The first-order chi connectivity index (χ1) is 14.9. The summed E-state index contributed by atoms with van der Waals surface area (Å²) in [7, 11) is 7.17. The lowest BCUT2D eigenvalue weighted by atomic mass is 10.1. The first-order valence-electron chi connectivity index (χ1n) is 9.64. The van der Waals surface area contributed by atoms with Gasteiger partial charge in [0.15, 0.2) is 21.4 Å². The van der Waals surface area contributed by atoms with Crippen LogP contribution in [0, 0.1) is 0 Å². The molecular weight excluding hydrogens is 483 g/mol. The zero-order chi connectivity index (χ0) is 22.1. The standard InChI is InChI=1S/C22H24N6O2S.2ClH/c1-27-19(17(25-21(27)23)13-5-9-15(29-3)10-6-13)31-20-18(26-22(24)28(20)2)14-7-11-16(30-4)12-8-14;;/h5-12H,1-4H3,(H4,23,24,25,26);2*1H. The van der Waals surface area contributed by atoms with Crippen LogP contribution in [-0.4, -0.2) is 24.2 Å². The molecule has 0 amide bonds. The number of H-pyrrole nitrogens is 2. The van der Waals surface area contributed by atoms with Crippen LogP contribution in [0.25, 0.3) is 22.5 Å². The Kier molecular flexibility index (Phi) is 8.54. The molecule has 176 valence electrons. The average molecular weight is 509 g/mol. The van der Waals surface area contributed by atoms with Crippen molar-refractivity contribution in [2.75, 3.05) is 25.7 Å². The van der Waals surface area contributed by atoms with E-state index in [1.807, 2.05) is 71.8 Å². The summed E-state index contributed by atoms with van der Waals surface area (Å²) in [5.41, 5.74) is 16.3. The number of hydrogen-bond donors (Lipinski definition) is 4. The molecule has 4 rings (SSSR count). The Hall–Kier alpha value is -3.01. The van der Waals surface area contributed by atoms with Gasteiger partial charge in [-0.1, -0.05) is 0 Å². The number of rotatable bonds is 6. The SMILES string of the molecule is COc1ccc(-c2[nH]c(N)[n+](C)c2Sc2c(-c3ccc(OC)cc3)[nH]c(N)[n+]2C)cc1.[Cl-].[Cl-]. The fourth-order valence-corrected chi connectivity index (χ4v) is 4.52. The van der Waals surface area contributed by atoms with Gasteiger partial charge in [0.25, 0.3) is 0 Å². The van der Waals surface area contributed by atoms with Gasteiger partial charge in [-0.05, 0) is 60.3 Å². The highest BCUT2D eigenvalue weighted by Crippen LogP contribution is 2.37. The zero-order valence-corrected chi connectivity index (χ0v) is 21.0. The first-order valence-corrected chi connectivity index (χ1v) is 10.5. The topological polar surface area (TPSA) is 110 Å². The predicted molar refractivity (Wildman–Crippen MR) is 121 cm³/mol. The molecule has 0 fully saturated rings. The van der Waals surface area contributed by atoms with Gasteiger partial charge in [-0.25, -0.2) is 19.1 Å². The maximum Gasteiger partial charge on any atom is 0.353 e. The van der Waals surface area contributed by atoms with Gasteiger partial charge in [0, 0.05) is 11.1 Å². The van der Waals surface area contributed by atoms with E-state index in [0.717, 1.165) is 44.1 Å². The smallest absolute Gasteiger partial charge is 0.353 e. The molecule has 0 radical (unpaired) electrons. The molecule has 0 aliphatic carbocycles. The van der Waals surface area contributed by atoms with Crippen molar-refractivity contribution in [2.24, 2.45) is 14.1 Å².